The lowest BCUT2D eigenvalue weighted by Gasteiger charge is -2.07. The van der Waals surface area contributed by atoms with Gasteiger partial charge in [-0.15, -0.1) is 0 Å². The Kier molecular flexibility index (Phi) is 5.37. The van der Waals surface area contributed by atoms with Crippen molar-refractivity contribution in [3.8, 4) is 0 Å². The van der Waals surface area contributed by atoms with E-state index in [0.29, 0.717) is 0 Å². The molecule has 5 aromatic rings. The van der Waals surface area contributed by atoms with Gasteiger partial charge in [-0.05, 0) is 24.6 Å². The lowest BCUT2D eigenvalue weighted by Crippen LogP contribution is -3.00. The Morgan fingerprint density at radius 3 is 1.79 bits per heavy atom. The number of benzene rings is 3. The molecule has 3 heteroatoms. The van der Waals surface area contributed by atoms with Crippen LogP contribution in [0, 0.1) is 6.92 Å². The molecule has 0 N–H and O–H groups in total. The van der Waals surface area contributed by atoms with E-state index in [1.807, 2.05) is 0 Å². The minimum Gasteiger partial charge on any atom is -1.00 e. The highest BCUT2D eigenvalue weighted by Gasteiger charge is 2.11. The molecule has 0 saturated carbocycles. The minimum absolute atomic E-state index is 0. The van der Waals surface area contributed by atoms with E-state index in [9.17, 15) is 0 Å². The summed E-state index contributed by atoms with van der Waals surface area (Å²) in [7, 11) is 0. The fourth-order valence-electron chi connectivity index (χ4n) is 3.96. The minimum atomic E-state index is 0. The average molecular weight is 399 g/mol. The van der Waals surface area contributed by atoms with Crippen molar-refractivity contribution in [3.05, 3.63) is 114 Å². The van der Waals surface area contributed by atoms with Crippen LogP contribution in [0.2, 0.25) is 0 Å². The summed E-state index contributed by atoms with van der Waals surface area (Å²) in [5, 5.41) is 2.65. The van der Waals surface area contributed by atoms with E-state index >= 15 is 0 Å². The first-order chi connectivity index (χ1) is 13.8. The lowest BCUT2D eigenvalue weighted by atomic mass is 10.1. The molecule has 0 atom stereocenters. The second-order valence-corrected chi connectivity index (χ2v) is 7.48. The third-order valence-corrected chi connectivity index (χ3v) is 5.47. The van der Waals surface area contributed by atoms with Gasteiger partial charge in [-0.1, -0.05) is 66.2 Å². The molecule has 0 saturated heterocycles. The molecule has 0 unspecified atom stereocenters. The summed E-state index contributed by atoms with van der Waals surface area (Å²) < 4.78 is 4.66. The monoisotopic (exact) mass is 398 g/mol. The molecule has 0 aliphatic heterocycles. The maximum Gasteiger partial charge on any atom is 0.173 e. The molecule has 3 aromatic carbocycles. The van der Waals surface area contributed by atoms with E-state index in [4.69, 9.17) is 0 Å². The molecule has 0 bridgehead atoms. The number of hydrogen-bond donors (Lipinski definition) is 0. The van der Waals surface area contributed by atoms with Crippen LogP contribution in [0.5, 0.6) is 0 Å². The van der Waals surface area contributed by atoms with Crippen LogP contribution in [-0.4, -0.2) is 4.57 Å². The molecule has 0 spiro atoms. The van der Waals surface area contributed by atoms with Crippen LogP contribution in [0.4, 0.5) is 0 Å². The lowest BCUT2D eigenvalue weighted by molar-refractivity contribution is -0.688. The molecule has 0 amide bonds. The third kappa shape index (κ3) is 3.76. The Morgan fingerprint density at radius 1 is 0.655 bits per heavy atom. The summed E-state index contributed by atoms with van der Waals surface area (Å²) in [6.07, 6.45) is 4.37. The summed E-state index contributed by atoms with van der Waals surface area (Å²) in [6, 6.07) is 30.6. The number of rotatable bonds is 4. The van der Waals surface area contributed by atoms with Crippen LogP contribution in [0.1, 0.15) is 16.7 Å². The summed E-state index contributed by atoms with van der Waals surface area (Å²) in [5.74, 6) is 0. The van der Waals surface area contributed by atoms with Gasteiger partial charge in [0, 0.05) is 46.0 Å². The summed E-state index contributed by atoms with van der Waals surface area (Å²) in [5.41, 5.74) is 6.52. The zero-order valence-corrected chi connectivity index (χ0v) is 17.2. The van der Waals surface area contributed by atoms with Crippen LogP contribution in [0.25, 0.3) is 21.8 Å². The van der Waals surface area contributed by atoms with E-state index < -0.39 is 0 Å². The van der Waals surface area contributed by atoms with Gasteiger partial charge in [0.05, 0.1) is 0 Å². The first-order valence-electron chi connectivity index (χ1n) is 9.77. The molecule has 2 heterocycles. The number of pyridine rings is 1. The molecular formula is C26H23ClN2. The van der Waals surface area contributed by atoms with Gasteiger partial charge in [-0.25, -0.2) is 4.57 Å². The van der Waals surface area contributed by atoms with E-state index in [1.54, 1.807) is 0 Å². The molecule has 0 aliphatic rings. The van der Waals surface area contributed by atoms with Crippen molar-refractivity contribution in [2.45, 2.75) is 20.0 Å². The van der Waals surface area contributed by atoms with Gasteiger partial charge in [0.2, 0.25) is 0 Å². The van der Waals surface area contributed by atoms with Gasteiger partial charge in [0.25, 0.3) is 0 Å². The number of para-hydroxylation sites is 2. The molecule has 144 valence electrons. The maximum absolute atomic E-state index is 2.42. The Labute approximate surface area is 177 Å². The van der Waals surface area contributed by atoms with Crippen molar-refractivity contribution in [2.75, 3.05) is 0 Å². The van der Waals surface area contributed by atoms with E-state index in [1.165, 1.54) is 38.5 Å². The Morgan fingerprint density at radius 2 is 1.21 bits per heavy atom. The van der Waals surface area contributed by atoms with E-state index in [2.05, 4.69) is 113 Å². The fraction of sp³-hybridized carbons (Fsp3) is 0.115. The molecule has 5 rings (SSSR count). The summed E-state index contributed by atoms with van der Waals surface area (Å²) in [4.78, 5) is 0. The topological polar surface area (TPSA) is 8.81 Å². The van der Waals surface area contributed by atoms with Gasteiger partial charge in [0.15, 0.2) is 18.9 Å². The maximum atomic E-state index is 2.42. The molecule has 29 heavy (non-hydrogen) atoms. The summed E-state index contributed by atoms with van der Waals surface area (Å²) >= 11 is 0. The van der Waals surface area contributed by atoms with Crippen LogP contribution >= 0.6 is 0 Å². The number of aromatic nitrogens is 2. The number of hydrogen-bond acceptors (Lipinski definition) is 0. The first kappa shape index (κ1) is 19.2. The number of nitrogens with zero attached hydrogens (tertiary/aromatic N) is 2. The molecule has 2 nitrogen and oxygen atoms in total. The quantitative estimate of drug-likeness (QED) is 0.411. The van der Waals surface area contributed by atoms with Crippen LogP contribution in [0.3, 0.4) is 0 Å². The molecule has 0 fully saturated rings. The SMILES string of the molecule is Cc1ccc(C[n+]2ccc(Cn3c4ccccc4c4ccccc43)cc2)cc1.[Cl-]. The van der Waals surface area contributed by atoms with Gasteiger partial charge >= 0.3 is 0 Å². The zero-order valence-electron chi connectivity index (χ0n) is 16.4. The highest BCUT2D eigenvalue weighted by Crippen LogP contribution is 2.29. The van der Waals surface area contributed by atoms with Crippen molar-refractivity contribution >= 4 is 21.8 Å². The van der Waals surface area contributed by atoms with Crippen molar-refractivity contribution < 1.29 is 17.0 Å². The number of fused-ring (bicyclic) bond motifs is 3. The summed E-state index contributed by atoms with van der Waals surface area (Å²) in [6.45, 7) is 3.90. The fourth-order valence-corrected chi connectivity index (χ4v) is 3.96. The van der Waals surface area contributed by atoms with Crippen LogP contribution in [0.15, 0.2) is 97.3 Å². The Bertz CT molecular complexity index is 1200. The van der Waals surface area contributed by atoms with Crippen LogP contribution < -0.4 is 17.0 Å². The third-order valence-electron chi connectivity index (χ3n) is 5.47. The molecule has 2 aromatic heterocycles. The highest BCUT2D eigenvalue weighted by molar-refractivity contribution is 6.08. The van der Waals surface area contributed by atoms with Crippen molar-refractivity contribution in [3.63, 3.8) is 0 Å². The van der Waals surface area contributed by atoms with Crippen molar-refractivity contribution in [2.24, 2.45) is 0 Å². The number of aryl methyl sites for hydroxylation is 1. The van der Waals surface area contributed by atoms with Gasteiger partial charge < -0.3 is 17.0 Å². The van der Waals surface area contributed by atoms with Gasteiger partial charge in [0.1, 0.15) is 0 Å². The van der Waals surface area contributed by atoms with Crippen LogP contribution in [-0.2, 0) is 13.1 Å². The van der Waals surface area contributed by atoms with E-state index in [-0.39, 0.29) is 12.4 Å². The predicted molar refractivity (Wildman–Crippen MR) is 115 cm³/mol. The number of halogens is 1. The van der Waals surface area contributed by atoms with Gasteiger partial charge in [-0.2, -0.15) is 0 Å². The molecule has 0 aliphatic carbocycles. The van der Waals surface area contributed by atoms with E-state index in [0.717, 1.165) is 13.1 Å². The predicted octanol–water partition coefficient (Wildman–Crippen LogP) is 2.49. The standard InChI is InChI=1S/C26H23N2.ClH/c1-20-10-12-21(13-11-20)18-27-16-14-22(15-17-27)19-28-25-8-4-2-6-23(25)24-7-3-5-9-26(24)28;/h2-17H,18-19H2,1H3;1H/q+1;/p-1. The molecule has 0 radical (unpaired) electrons. The van der Waals surface area contributed by atoms with Crippen molar-refractivity contribution in [1.82, 2.24) is 4.57 Å². The smallest absolute Gasteiger partial charge is 0.173 e. The Hall–Kier alpha value is -3.10. The van der Waals surface area contributed by atoms with Crippen molar-refractivity contribution in [1.29, 1.82) is 0 Å². The Balaban J connectivity index is 0.00000205. The van der Waals surface area contributed by atoms with Gasteiger partial charge in [-0.3, -0.25) is 0 Å². The average Bonchev–Trinajstić information content (AvgIpc) is 3.05. The normalized spacial score (nSPS) is 10.9. The molecular weight excluding hydrogens is 376 g/mol. The highest BCUT2D eigenvalue weighted by atomic mass is 35.5. The first-order valence-corrected chi connectivity index (χ1v) is 9.77. The largest absolute Gasteiger partial charge is 1.00 e. The zero-order chi connectivity index (χ0) is 18.9. The second-order valence-electron chi connectivity index (χ2n) is 7.48. The second kappa shape index (κ2) is 8.10.